The summed E-state index contributed by atoms with van der Waals surface area (Å²) < 4.78 is 19.2. The van der Waals surface area contributed by atoms with Crippen molar-refractivity contribution in [3.05, 3.63) is 63.4 Å². The lowest BCUT2D eigenvalue weighted by molar-refractivity contribution is 0.300. The number of nitrogens with two attached hydrogens (primary N) is 1. The number of halogens is 3. The van der Waals surface area contributed by atoms with E-state index in [9.17, 15) is 4.39 Å². The summed E-state index contributed by atoms with van der Waals surface area (Å²) in [5.41, 5.74) is 6.43. The number of hydrogen-bond acceptors (Lipinski definition) is 2. The molecule has 0 fully saturated rings. The standard InChI is InChI=1S/C14H10Cl2FNOS/c15-10-2-3-11(16)13(6-10)19-7-9-5-8(14(18)20)1-4-12(9)17/h1-6H,7H2,(H2,18,20). The first-order valence-electron chi connectivity index (χ1n) is 5.63. The van der Waals surface area contributed by atoms with E-state index in [0.29, 0.717) is 26.9 Å². The molecular formula is C14H10Cl2FNOS. The van der Waals surface area contributed by atoms with Crippen LogP contribution in [0.2, 0.25) is 10.0 Å². The van der Waals surface area contributed by atoms with Gasteiger partial charge in [0.15, 0.2) is 0 Å². The largest absolute Gasteiger partial charge is 0.487 e. The zero-order chi connectivity index (χ0) is 14.7. The Bertz CT molecular complexity index is 664. The maximum Gasteiger partial charge on any atom is 0.139 e. The van der Waals surface area contributed by atoms with Crippen LogP contribution in [-0.4, -0.2) is 4.99 Å². The smallest absolute Gasteiger partial charge is 0.139 e. The van der Waals surface area contributed by atoms with E-state index in [1.165, 1.54) is 12.1 Å². The molecule has 0 amide bonds. The first-order valence-corrected chi connectivity index (χ1v) is 6.80. The zero-order valence-electron chi connectivity index (χ0n) is 10.2. The number of thiocarbonyl (C=S) groups is 1. The van der Waals surface area contributed by atoms with Crippen LogP contribution in [0.4, 0.5) is 4.39 Å². The molecule has 0 saturated carbocycles. The van der Waals surface area contributed by atoms with Crippen molar-refractivity contribution in [3.8, 4) is 5.75 Å². The van der Waals surface area contributed by atoms with Crippen LogP contribution in [0.3, 0.4) is 0 Å². The van der Waals surface area contributed by atoms with Gasteiger partial charge in [-0.2, -0.15) is 0 Å². The Morgan fingerprint density at radius 2 is 1.95 bits per heavy atom. The molecule has 0 bridgehead atoms. The minimum Gasteiger partial charge on any atom is -0.487 e. The molecule has 0 heterocycles. The van der Waals surface area contributed by atoms with Gasteiger partial charge < -0.3 is 10.5 Å². The van der Waals surface area contributed by atoms with Crippen molar-refractivity contribution in [3.63, 3.8) is 0 Å². The third kappa shape index (κ3) is 3.60. The number of benzene rings is 2. The Kier molecular flexibility index (Phi) is 4.81. The third-order valence-corrected chi connectivity index (χ3v) is 3.39. The van der Waals surface area contributed by atoms with E-state index < -0.39 is 5.82 Å². The van der Waals surface area contributed by atoms with E-state index in [1.807, 2.05) is 0 Å². The topological polar surface area (TPSA) is 35.2 Å². The number of ether oxygens (including phenoxy) is 1. The van der Waals surface area contributed by atoms with Gasteiger partial charge in [0.2, 0.25) is 0 Å². The molecule has 0 aliphatic rings. The summed E-state index contributed by atoms with van der Waals surface area (Å²) in [5, 5.41) is 0.891. The average Bonchev–Trinajstić information content (AvgIpc) is 2.41. The molecule has 0 spiro atoms. The monoisotopic (exact) mass is 329 g/mol. The Morgan fingerprint density at radius 3 is 2.65 bits per heavy atom. The molecule has 20 heavy (non-hydrogen) atoms. The van der Waals surface area contributed by atoms with Crippen LogP contribution in [0.1, 0.15) is 11.1 Å². The number of rotatable bonds is 4. The lowest BCUT2D eigenvalue weighted by atomic mass is 10.1. The van der Waals surface area contributed by atoms with Gasteiger partial charge >= 0.3 is 0 Å². The maximum absolute atomic E-state index is 13.7. The van der Waals surface area contributed by atoms with E-state index in [2.05, 4.69) is 0 Å². The average molecular weight is 330 g/mol. The van der Waals surface area contributed by atoms with Crippen molar-refractivity contribution in [2.45, 2.75) is 6.61 Å². The van der Waals surface area contributed by atoms with E-state index in [-0.39, 0.29) is 11.6 Å². The summed E-state index contributed by atoms with van der Waals surface area (Å²) in [4.78, 5) is 0.201. The van der Waals surface area contributed by atoms with Crippen LogP contribution >= 0.6 is 35.4 Å². The highest BCUT2D eigenvalue weighted by molar-refractivity contribution is 7.80. The van der Waals surface area contributed by atoms with Gasteiger partial charge in [-0.25, -0.2) is 4.39 Å². The van der Waals surface area contributed by atoms with E-state index in [1.54, 1.807) is 24.3 Å². The Morgan fingerprint density at radius 1 is 1.20 bits per heavy atom. The van der Waals surface area contributed by atoms with Crippen LogP contribution in [0.25, 0.3) is 0 Å². The Labute approximate surface area is 131 Å². The molecule has 0 atom stereocenters. The molecule has 2 N–H and O–H groups in total. The van der Waals surface area contributed by atoms with Crippen molar-refractivity contribution in [2.75, 3.05) is 0 Å². The van der Waals surface area contributed by atoms with Gasteiger partial charge in [0, 0.05) is 22.2 Å². The summed E-state index contributed by atoms with van der Waals surface area (Å²) in [6, 6.07) is 9.20. The van der Waals surface area contributed by atoms with Crippen LogP contribution in [0, 0.1) is 5.82 Å². The predicted molar refractivity (Wildman–Crippen MR) is 83.1 cm³/mol. The predicted octanol–water partition coefficient (Wildman–Crippen LogP) is 4.35. The number of hydrogen-bond donors (Lipinski definition) is 1. The lowest BCUT2D eigenvalue weighted by Gasteiger charge is -2.10. The van der Waals surface area contributed by atoms with E-state index in [0.717, 1.165) is 0 Å². The molecule has 0 radical (unpaired) electrons. The van der Waals surface area contributed by atoms with Crippen LogP contribution < -0.4 is 10.5 Å². The van der Waals surface area contributed by atoms with Crippen LogP contribution in [0.15, 0.2) is 36.4 Å². The first kappa shape index (κ1) is 15.0. The summed E-state index contributed by atoms with van der Waals surface area (Å²) in [7, 11) is 0. The van der Waals surface area contributed by atoms with Crippen LogP contribution in [-0.2, 0) is 6.61 Å². The second-order valence-corrected chi connectivity index (χ2v) is 5.32. The quantitative estimate of drug-likeness (QED) is 0.847. The summed E-state index contributed by atoms with van der Waals surface area (Å²) >= 11 is 16.7. The molecule has 0 aliphatic carbocycles. The second-order valence-electron chi connectivity index (χ2n) is 4.03. The second kappa shape index (κ2) is 6.39. The molecule has 104 valence electrons. The van der Waals surface area contributed by atoms with E-state index >= 15 is 0 Å². The van der Waals surface area contributed by atoms with Crippen molar-refractivity contribution in [1.82, 2.24) is 0 Å². The fourth-order valence-corrected chi connectivity index (χ4v) is 2.04. The highest BCUT2D eigenvalue weighted by Gasteiger charge is 2.08. The molecule has 0 unspecified atom stereocenters. The molecule has 2 nitrogen and oxygen atoms in total. The SMILES string of the molecule is NC(=S)c1ccc(F)c(COc2cc(Cl)ccc2Cl)c1. The van der Waals surface area contributed by atoms with Gasteiger partial charge in [0.05, 0.1) is 5.02 Å². The minimum atomic E-state index is -0.400. The van der Waals surface area contributed by atoms with Gasteiger partial charge in [0.1, 0.15) is 23.2 Å². The van der Waals surface area contributed by atoms with Gasteiger partial charge in [-0.1, -0.05) is 35.4 Å². The Hall–Kier alpha value is -1.36. The molecule has 0 aromatic heterocycles. The van der Waals surface area contributed by atoms with Crippen LogP contribution in [0.5, 0.6) is 5.75 Å². The first-order chi connectivity index (χ1) is 9.47. The highest BCUT2D eigenvalue weighted by Crippen LogP contribution is 2.28. The molecule has 0 aliphatic heterocycles. The summed E-state index contributed by atoms with van der Waals surface area (Å²) in [6.45, 7) is 0.00233. The van der Waals surface area contributed by atoms with Crippen molar-refractivity contribution >= 4 is 40.4 Å². The van der Waals surface area contributed by atoms with Crippen molar-refractivity contribution in [2.24, 2.45) is 5.73 Å². The van der Waals surface area contributed by atoms with Gasteiger partial charge in [0.25, 0.3) is 0 Å². The highest BCUT2D eigenvalue weighted by atomic mass is 35.5. The molecule has 6 heteroatoms. The van der Waals surface area contributed by atoms with Crippen molar-refractivity contribution < 1.29 is 9.13 Å². The summed E-state index contributed by atoms with van der Waals surface area (Å²) in [5.74, 6) is -0.0116. The zero-order valence-corrected chi connectivity index (χ0v) is 12.5. The molecule has 0 saturated heterocycles. The van der Waals surface area contributed by atoms with E-state index in [4.69, 9.17) is 45.9 Å². The molecule has 2 aromatic rings. The maximum atomic E-state index is 13.7. The van der Waals surface area contributed by atoms with Gasteiger partial charge in [-0.15, -0.1) is 0 Å². The van der Waals surface area contributed by atoms with Crippen molar-refractivity contribution in [1.29, 1.82) is 0 Å². The molecule has 2 rings (SSSR count). The lowest BCUT2D eigenvalue weighted by Crippen LogP contribution is -2.10. The fraction of sp³-hybridized carbons (Fsp3) is 0.0714. The molecule has 2 aromatic carbocycles. The normalized spacial score (nSPS) is 10.3. The Balaban J connectivity index is 2.20. The fourth-order valence-electron chi connectivity index (χ4n) is 1.58. The third-order valence-electron chi connectivity index (χ3n) is 2.61. The van der Waals surface area contributed by atoms with Gasteiger partial charge in [-0.05, 0) is 30.3 Å². The van der Waals surface area contributed by atoms with Gasteiger partial charge in [-0.3, -0.25) is 0 Å². The summed E-state index contributed by atoms with van der Waals surface area (Å²) in [6.07, 6.45) is 0. The minimum absolute atomic E-state index is 0.00233. The molecular weight excluding hydrogens is 320 g/mol.